The van der Waals surface area contributed by atoms with Crippen molar-refractivity contribution in [2.45, 2.75) is 0 Å². The van der Waals surface area contributed by atoms with Crippen molar-refractivity contribution in [2.75, 3.05) is 0 Å². The van der Waals surface area contributed by atoms with E-state index >= 15 is 0 Å². The summed E-state index contributed by atoms with van der Waals surface area (Å²) in [4.78, 5) is 31.4. The standard InChI is InChI=1S/C35H23N7/c1-5-24(19-36-9-1)28-13-29(25-6-2-10-37-20-25)16-32(15-28)34-40-23-41-35(42-34)33-17-30(26-7-3-11-38-21-26)14-31(18-33)27-8-4-12-39-22-27/h1-23H. The monoisotopic (exact) mass is 541 g/mol. The van der Waals surface area contributed by atoms with Crippen LogP contribution in [-0.2, 0) is 0 Å². The van der Waals surface area contributed by atoms with E-state index in [-0.39, 0.29) is 0 Å². The van der Waals surface area contributed by atoms with Gasteiger partial charge in [-0.3, -0.25) is 19.9 Å². The number of aromatic nitrogens is 7. The van der Waals surface area contributed by atoms with Crippen LogP contribution >= 0.6 is 0 Å². The molecule has 0 saturated carbocycles. The van der Waals surface area contributed by atoms with E-state index in [2.05, 4.69) is 66.3 Å². The Labute approximate surface area is 242 Å². The molecule has 7 nitrogen and oxygen atoms in total. The summed E-state index contributed by atoms with van der Waals surface area (Å²) in [5, 5.41) is 0. The van der Waals surface area contributed by atoms with Crippen molar-refractivity contribution in [2.24, 2.45) is 0 Å². The first-order valence-electron chi connectivity index (χ1n) is 13.4. The van der Waals surface area contributed by atoms with Gasteiger partial charge in [0, 0.05) is 83.0 Å². The predicted octanol–water partition coefficient (Wildman–Crippen LogP) is 7.45. The van der Waals surface area contributed by atoms with Crippen molar-refractivity contribution in [1.82, 2.24) is 34.9 Å². The highest BCUT2D eigenvalue weighted by molar-refractivity contribution is 5.81. The van der Waals surface area contributed by atoms with Gasteiger partial charge in [0.15, 0.2) is 11.6 Å². The van der Waals surface area contributed by atoms with Crippen LogP contribution in [0.1, 0.15) is 0 Å². The SMILES string of the molecule is c1cncc(-c2cc(-c3cccnc3)cc(-c3ncnc(-c4cc(-c5cccnc5)cc(-c5cccnc5)c4)n3)c2)c1. The van der Waals surface area contributed by atoms with Gasteiger partial charge in [-0.1, -0.05) is 24.3 Å². The molecule has 0 radical (unpaired) electrons. The van der Waals surface area contributed by atoms with Gasteiger partial charge in [0.1, 0.15) is 6.33 Å². The first-order valence-corrected chi connectivity index (χ1v) is 13.4. The van der Waals surface area contributed by atoms with E-state index in [9.17, 15) is 0 Å². The normalized spacial score (nSPS) is 10.9. The van der Waals surface area contributed by atoms with E-state index in [1.165, 1.54) is 0 Å². The lowest BCUT2D eigenvalue weighted by molar-refractivity contribution is 1.07. The zero-order valence-corrected chi connectivity index (χ0v) is 22.4. The van der Waals surface area contributed by atoms with E-state index < -0.39 is 0 Å². The van der Waals surface area contributed by atoms with Crippen molar-refractivity contribution >= 4 is 0 Å². The average Bonchev–Trinajstić information content (AvgIpc) is 3.09. The fraction of sp³-hybridized carbons (Fsp3) is 0. The van der Waals surface area contributed by atoms with Crippen LogP contribution in [0.3, 0.4) is 0 Å². The van der Waals surface area contributed by atoms with Gasteiger partial charge in [0.25, 0.3) is 0 Å². The lowest BCUT2D eigenvalue weighted by Gasteiger charge is -2.12. The third-order valence-electron chi connectivity index (χ3n) is 6.93. The van der Waals surface area contributed by atoms with Crippen LogP contribution in [0.15, 0.2) is 141 Å². The Balaban J connectivity index is 1.37. The third kappa shape index (κ3) is 5.26. The lowest BCUT2D eigenvalue weighted by atomic mass is 9.96. The van der Waals surface area contributed by atoms with Crippen molar-refractivity contribution in [3.8, 4) is 67.3 Å². The van der Waals surface area contributed by atoms with Gasteiger partial charge in [-0.25, -0.2) is 15.0 Å². The largest absolute Gasteiger partial charge is 0.264 e. The Hall–Kier alpha value is -5.95. The van der Waals surface area contributed by atoms with Crippen molar-refractivity contribution in [3.63, 3.8) is 0 Å². The van der Waals surface area contributed by atoms with Gasteiger partial charge >= 0.3 is 0 Å². The number of nitrogens with zero attached hydrogens (tertiary/aromatic N) is 7. The molecule has 5 heterocycles. The van der Waals surface area contributed by atoms with Crippen LogP contribution in [0, 0.1) is 0 Å². The van der Waals surface area contributed by atoms with E-state index in [0.29, 0.717) is 11.6 Å². The number of benzene rings is 2. The lowest BCUT2D eigenvalue weighted by Crippen LogP contribution is -1.97. The van der Waals surface area contributed by atoms with Crippen molar-refractivity contribution in [1.29, 1.82) is 0 Å². The number of pyridine rings is 4. The molecule has 0 atom stereocenters. The molecule has 7 aromatic rings. The summed E-state index contributed by atoms with van der Waals surface area (Å²) in [5.74, 6) is 1.15. The number of hydrogen-bond acceptors (Lipinski definition) is 7. The zero-order valence-electron chi connectivity index (χ0n) is 22.4. The maximum absolute atomic E-state index is 4.97. The van der Waals surface area contributed by atoms with Crippen LogP contribution in [0.25, 0.3) is 67.3 Å². The summed E-state index contributed by atoms with van der Waals surface area (Å²) in [5.41, 5.74) is 9.81. The Kier molecular flexibility index (Phi) is 6.72. The van der Waals surface area contributed by atoms with Gasteiger partial charge in [-0.15, -0.1) is 0 Å². The van der Waals surface area contributed by atoms with Crippen molar-refractivity contribution < 1.29 is 0 Å². The molecule has 0 unspecified atom stereocenters. The molecule has 0 aliphatic rings. The molecule has 42 heavy (non-hydrogen) atoms. The van der Waals surface area contributed by atoms with E-state index in [4.69, 9.17) is 4.98 Å². The first kappa shape index (κ1) is 25.0. The maximum Gasteiger partial charge on any atom is 0.163 e. The Morgan fingerprint density at radius 1 is 0.333 bits per heavy atom. The summed E-state index contributed by atoms with van der Waals surface area (Å²) in [7, 11) is 0. The highest BCUT2D eigenvalue weighted by Crippen LogP contribution is 2.34. The summed E-state index contributed by atoms with van der Waals surface area (Å²) < 4.78 is 0. The quantitative estimate of drug-likeness (QED) is 0.216. The fourth-order valence-corrected chi connectivity index (χ4v) is 4.89. The van der Waals surface area contributed by atoms with Gasteiger partial charge < -0.3 is 0 Å². The zero-order chi connectivity index (χ0) is 28.1. The molecule has 0 aliphatic carbocycles. The van der Waals surface area contributed by atoms with Crippen LogP contribution in [0.2, 0.25) is 0 Å². The average molecular weight is 542 g/mol. The molecule has 2 aromatic carbocycles. The molecule has 0 spiro atoms. The predicted molar refractivity (Wildman–Crippen MR) is 164 cm³/mol. The topological polar surface area (TPSA) is 90.2 Å². The molecule has 7 rings (SSSR count). The highest BCUT2D eigenvalue weighted by Gasteiger charge is 2.14. The summed E-state index contributed by atoms with van der Waals surface area (Å²) in [6, 6.07) is 28.5. The first-order chi connectivity index (χ1) is 20.8. The molecule has 0 N–H and O–H groups in total. The summed E-state index contributed by atoms with van der Waals surface area (Å²) in [6.45, 7) is 0. The summed E-state index contributed by atoms with van der Waals surface area (Å²) >= 11 is 0. The molecule has 5 aromatic heterocycles. The van der Waals surface area contributed by atoms with E-state index in [0.717, 1.165) is 55.6 Å². The van der Waals surface area contributed by atoms with E-state index in [1.807, 2.05) is 73.3 Å². The molecular formula is C35H23N7. The second-order valence-corrected chi connectivity index (χ2v) is 9.70. The Morgan fingerprint density at radius 2 is 0.643 bits per heavy atom. The van der Waals surface area contributed by atoms with Crippen LogP contribution < -0.4 is 0 Å². The molecule has 0 saturated heterocycles. The second-order valence-electron chi connectivity index (χ2n) is 9.70. The minimum absolute atomic E-state index is 0.575. The molecule has 7 heteroatoms. The molecule has 0 aliphatic heterocycles. The van der Waals surface area contributed by atoms with Gasteiger partial charge in [-0.2, -0.15) is 0 Å². The van der Waals surface area contributed by atoms with Crippen LogP contribution in [-0.4, -0.2) is 34.9 Å². The maximum atomic E-state index is 4.97. The van der Waals surface area contributed by atoms with Gasteiger partial charge in [0.2, 0.25) is 0 Å². The number of hydrogen-bond donors (Lipinski definition) is 0. The third-order valence-corrected chi connectivity index (χ3v) is 6.93. The molecule has 198 valence electrons. The second kappa shape index (κ2) is 11.3. The van der Waals surface area contributed by atoms with Gasteiger partial charge in [0.05, 0.1) is 0 Å². The smallest absolute Gasteiger partial charge is 0.163 e. The van der Waals surface area contributed by atoms with Crippen molar-refractivity contribution in [3.05, 3.63) is 141 Å². The van der Waals surface area contributed by atoms with Gasteiger partial charge in [-0.05, 0) is 82.9 Å². The summed E-state index contributed by atoms with van der Waals surface area (Å²) in [6.07, 6.45) is 16.1. The Bertz CT molecular complexity index is 1710. The fourth-order valence-electron chi connectivity index (χ4n) is 4.89. The molecule has 0 amide bonds. The minimum atomic E-state index is 0.575. The van der Waals surface area contributed by atoms with Crippen LogP contribution in [0.4, 0.5) is 0 Å². The number of rotatable bonds is 6. The minimum Gasteiger partial charge on any atom is -0.264 e. The highest BCUT2D eigenvalue weighted by atomic mass is 15.0. The Morgan fingerprint density at radius 3 is 0.929 bits per heavy atom. The molecule has 0 bridgehead atoms. The molecule has 0 fully saturated rings. The van der Waals surface area contributed by atoms with E-state index in [1.54, 1.807) is 31.1 Å². The molecular weight excluding hydrogens is 518 g/mol. The van der Waals surface area contributed by atoms with Crippen LogP contribution in [0.5, 0.6) is 0 Å².